The van der Waals surface area contributed by atoms with Crippen molar-refractivity contribution in [1.29, 1.82) is 0 Å². The van der Waals surface area contributed by atoms with E-state index in [1.807, 2.05) is 14.1 Å². The predicted molar refractivity (Wildman–Crippen MR) is 44.6 cm³/mol. The van der Waals surface area contributed by atoms with Crippen LogP contribution in [0.2, 0.25) is 0 Å². The van der Waals surface area contributed by atoms with Crippen molar-refractivity contribution in [3.8, 4) is 0 Å². The summed E-state index contributed by atoms with van der Waals surface area (Å²) in [5, 5.41) is 8.56. The predicted octanol–water partition coefficient (Wildman–Crippen LogP) is -7.25. The smallest absolute Gasteiger partial charge is 0.790 e. The van der Waals surface area contributed by atoms with Gasteiger partial charge in [-0.3, -0.25) is 4.90 Å². The molecule has 0 aromatic heterocycles. The first-order chi connectivity index (χ1) is 5.70. The van der Waals surface area contributed by atoms with Gasteiger partial charge in [-0.25, -0.2) is 0 Å². The summed E-state index contributed by atoms with van der Waals surface area (Å²) in [5.74, 6) is 0. The molecule has 0 aliphatic carbocycles. The van der Waals surface area contributed by atoms with Gasteiger partial charge in [-0.1, -0.05) is 0 Å². The van der Waals surface area contributed by atoms with Gasteiger partial charge in [0, 0.05) is 6.61 Å². The molecule has 1 N–H and O–H groups in total. The van der Waals surface area contributed by atoms with Crippen LogP contribution in [0, 0.1) is 0 Å². The van der Waals surface area contributed by atoms with Crippen LogP contribution in [0.1, 0.15) is 13.8 Å². The summed E-state index contributed by atoms with van der Waals surface area (Å²) in [6.07, 6.45) is -0.315. The van der Waals surface area contributed by atoms with Crippen LogP contribution in [0.4, 0.5) is 0 Å². The van der Waals surface area contributed by atoms with Crippen molar-refractivity contribution in [1.82, 2.24) is 4.90 Å². The van der Waals surface area contributed by atoms with Gasteiger partial charge in [0.2, 0.25) is 0 Å². The van der Waals surface area contributed by atoms with Gasteiger partial charge in [0.1, 0.15) is 6.23 Å². The summed E-state index contributed by atoms with van der Waals surface area (Å²) in [6, 6.07) is 0. The van der Waals surface area contributed by atoms with Crippen LogP contribution in [-0.4, -0.2) is 36.9 Å². The monoisotopic (exact) mass is 291 g/mol. The number of hydrogen-bond donors (Lipinski definition) is 1. The Morgan fingerprint density at radius 2 is 1.67 bits per heavy atom. The number of aliphatic hydroxyl groups excluding tert-OH is 1. The number of hydrogen-bond acceptors (Lipinski definition) is 6. The molecule has 0 saturated carbocycles. The van der Waals surface area contributed by atoms with Gasteiger partial charge in [0.25, 0.3) is 0 Å². The van der Waals surface area contributed by atoms with E-state index < -0.39 is 7.82 Å². The van der Waals surface area contributed by atoms with Crippen LogP contribution in [0.3, 0.4) is 0 Å². The first-order valence-corrected chi connectivity index (χ1v) is 5.17. The standard InChI is InChI=1S/C4H11NO.C2H7O4P.2K/c1-4(6)5(2)3;1-2-6-7(3,4)5;;/h4,6H,1-3H3;2H2,1H3,(H2,3,4,5);;/q;;2*+1/p-2. The van der Waals surface area contributed by atoms with E-state index >= 15 is 0 Å². The Labute approximate surface area is 176 Å². The minimum absolute atomic E-state index is 0. The molecule has 15 heavy (non-hydrogen) atoms. The molecule has 0 rings (SSSR count). The van der Waals surface area contributed by atoms with E-state index in [4.69, 9.17) is 5.11 Å². The first-order valence-electron chi connectivity index (χ1n) is 3.71. The average Bonchev–Trinajstić information content (AvgIpc) is 1.85. The third kappa shape index (κ3) is 31.7. The molecule has 0 radical (unpaired) electrons. The fraction of sp³-hybridized carbons (Fsp3) is 1.00. The molecule has 0 saturated heterocycles. The minimum Gasteiger partial charge on any atom is -0.790 e. The Hall–Kier alpha value is 3.30. The van der Waals surface area contributed by atoms with E-state index in [2.05, 4.69) is 4.52 Å². The molecule has 0 heterocycles. The van der Waals surface area contributed by atoms with Crippen molar-refractivity contribution in [2.24, 2.45) is 0 Å². The number of phosphoric ester groups is 1. The van der Waals surface area contributed by atoms with Crippen LogP contribution in [0.25, 0.3) is 0 Å². The van der Waals surface area contributed by atoms with E-state index in [-0.39, 0.29) is 116 Å². The maximum Gasteiger partial charge on any atom is 1.00 e. The summed E-state index contributed by atoms with van der Waals surface area (Å²) < 4.78 is 13.2. The van der Waals surface area contributed by atoms with Crippen molar-refractivity contribution in [2.75, 3.05) is 20.7 Å². The maximum atomic E-state index is 9.48. The molecule has 1 atom stereocenters. The quantitative estimate of drug-likeness (QED) is 0.315. The van der Waals surface area contributed by atoms with Crippen molar-refractivity contribution in [2.45, 2.75) is 20.1 Å². The molecule has 0 spiro atoms. The summed E-state index contributed by atoms with van der Waals surface area (Å²) in [4.78, 5) is 20.7. The number of aliphatic hydroxyl groups is 1. The van der Waals surface area contributed by atoms with Gasteiger partial charge in [0.05, 0.1) is 7.82 Å². The van der Waals surface area contributed by atoms with Crippen LogP contribution >= 0.6 is 7.82 Å². The van der Waals surface area contributed by atoms with E-state index in [1.54, 1.807) is 11.8 Å². The minimum atomic E-state index is -4.67. The molecular formula is C6H16K2NO5P. The van der Waals surface area contributed by atoms with Gasteiger partial charge in [-0.2, -0.15) is 0 Å². The molecule has 6 nitrogen and oxygen atoms in total. The van der Waals surface area contributed by atoms with Gasteiger partial charge >= 0.3 is 103 Å². The van der Waals surface area contributed by atoms with Crippen molar-refractivity contribution >= 4 is 7.82 Å². The molecule has 1 unspecified atom stereocenters. The molecule has 0 amide bonds. The zero-order valence-electron chi connectivity index (χ0n) is 10.3. The maximum absolute atomic E-state index is 9.48. The first kappa shape index (κ1) is 26.8. The van der Waals surface area contributed by atoms with Crippen molar-refractivity contribution in [3.63, 3.8) is 0 Å². The number of nitrogens with zero attached hydrogens (tertiary/aromatic N) is 1. The summed E-state index contributed by atoms with van der Waals surface area (Å²) in [6.45, 7) is 3.08. The van der Waals surface area contributed by atoms with Crippen LogP contribution in [0.5, 0.6) is 0 Å². The SMILES string of the molecule is CC(O)N(C)C.CCOP(=O)([O-])[O-].[K+].[K+]. The summed E-state index contributed by atoms with van der Waals surface area (Å²) >= 11 is 0. The van der Waals surface area contributed by atoms with Crippen molar-refractivity contribution in [3.05, 3.63) is 0 Å². The molecule has 9 heteroatoms. The van der Waals surface area contributed by atoms with Gasteiger partial charge in [0.15, 0.2) is 0 Å². The van der Waals surface area contributed by atoms with Crippen molar-refractivity contribution < 1.29 is 127 Å². The average molecular weight is 291 g/mol. The number of rotatable bonds is 3. The third-order valence-electron chi connectivity index (χ3n) is 1.03. The van der Waals surface area contributed by atoms with Gasteiger partial charge in [-0.15, -0.1) is 0 Å². The zero-order valence-corrected chi connectivity index (χ0v) is 17.4. The van der Waals surface area contributed by atoms with Gasteiger partial charge in [-0.05, 0) is 27.9 Å². The zero-order chi connectivity index (χ0) is 11.1. The fourth-order valence-corrected chi connectivity index (χ4v) is 0.474. The largest absolute Gasteiger partial charge is 1.00 e. The van der Waals surface area contributed by atoms with E-state index in [0.29, 0.717) is 0 Å². The Morgan fingerprint density at radius 1 is 1.40 bits per heavy atom. The Kier molecular flexibility index (Phi) is 27.4. The molecule has 0 aromatic rings. The Morgan fingerprint density at radius 3 is 1.67 bits per heavy atom. The van der Waals surface area contributed by atoms with E-state index in [1.165, 1.54) is 6.92 Å². The molecule has 0 aromatic carbocycles. The number of phosphoric acid groups is 1. The molecule has 0 fully saturated rings. The van der Waals surface area contributed by atoms with Gasteiger partial charge < -0.3 is 24.0 Å². The fourth-order valence-electron chi connectivity index (χ4n) is 0.158. The third-order valence-corrected chi connectivity index (χ3v) is 1.61. The summed E-state index contributed by atoms with van der Waals surface area (Å²) in [7, 11) is -1.02. The molecule has 0 bridgehead atoms. The van der Waals surface area contributed by atoms with Crippen LogP contribution in [-0.2, 0) is 9.09 Å². The Bertz CT molecular complexity index is 158. The second kappa shape index (κ2) is 15.4. The topological polar surface area (TPSA) is 95.9 Å². The second-order valence-corrected chi connectivity index (χ2v) is 3.61. The normalized spacial score (nSPS) is 11.7. The van der Waals surface area contributed by atoms with E-state index in [9.17, 15) is 14.4 Å². The molecule has 0 aliphatic rings. The van der Waals surface area contributed by atoms with Crippen LogP contribution < -0.4 is 113 Å². The Balaban J connectivity index is -0.0000000718. The molecular weight excluding hydrogens is 275 g/mol. The second-order valence-electron chi connectivity index (χ2n) is 2.46. The molecule has 0 aliphatic heterocycles. The molecule has 82 valence electrons. The summed E-state index contributed by atoms with van der Waals surface area (Å²) in [5.41, 5.74) is 0. The van der Waals surface area contributed by atoms with E-state index in [0.717, 1.165) is 0 Å². The van der Waals surface area contributed by atoms with Crippen LogP contribution in [0.15, 0.2) is 0 Å².